The molecule has 3 aromatic rings. The summed E-state index contributed by atoms with van der Waals surface area (Å²) in [7, 11) is 0. The number of amides is 1. The number of aromatic nitrogens is 4. The van der Waals surface area contributed by atoms with E-state index in [1.54, 1.807) is 10.9 Å². The molecular formula is C21H23F3N6OS. The molecule has 1 N–H and O–H groups in total. The Bertz CT molecular complexity index is 1110. The molecule has 2 aromatic heterocycles. The van der Waals surface area contributed by atoms with E-state index in [4.69, 9.17) is 0 Å². The fourth-order valence-corrected chi connectivity index (χ4v) is 4.18. The third-order valence-corrected chi connectivity index (χ3v) is 5.93. The van der Waals surface area contributed by atoms with Crippen molar-refractivity contribution >= 4 is 34.5 Å². The number of nitrogens with one attached hydrogen (secondary N) is 1. The van der Waals surface area contributed by atoms with Crippen LogP contribution >= 0.6 is 11.8 Å². The van der Waals surface area contributed by atoms with E-state index in [-0.39, 0.29) is 13.1 Å². The molecule has 0 spiro atoms. The lowest BCUT2D eigenvalue weighted by atomic mass is 10.1. The molecule has 1 aliphatic rings. The zero-order valence-electron chi connectivity index (χ0n) is 17.5. The summed E-state index contributed by atoms with van der Waals surface area (Å²) in [6, 6.07) is 4.75. The van der Waals surface area contributed by atoms with Crippen LogP contribution in [0.4, 0.5) is 19.0 Å². The topological polar surface area (TPSA) is 75.9 Å². The molecule has 0 aliphatic carbocycles. The van der Waals surface area contributed by atoms with Crippen molar-refractivity contribution in [3.63, 3.8) is 0 Å². The van der Waals surface area contributed by atoms with Gasteiger partial charge < -0.3 is 10.2 Å². The molecule has 3 heterocycles. The van der Waals surface area contributed by atoms with E-state index in [0.29, 0.717) is 10.8 Å². The highest BCUT2D eigenvalue weighted by Gasteiger charge is 2.34. The van der Waals surface area contributed by atoms with Gasteiger partial charge in [-0.15, -0.1) is 0 Å². The summed E-state index contributed by atoms with van der Waals surface area (Å²) >= 11 is 1.44. The first-order valence-corrected chi connectivity index (χ1v) is 11.6. The molecule has 7 nitrogen and oxygen atoms in total. The van der Waals surface area contributed by atoms with Crippen molar-refractivity contribution < 1.29 is 18.0 Å². The van der Waals surface area contributed by atoms with Gasteiger partial charge in [0.25, 0.3) is 5.91 Å². The zero-order chi connectivity index (χ0) is 22.7. The van der Waals surface area contributed by atoms with Crippen molar-refractivity contribution in [3.05, 3.63) is 41.6 Å². The van der Waals surface area contributed by atoms with Gasteiger partial charge in [-0.1, -0.05) is 23.9 Å². The molecule has 32 heavy (non-hydrogen) atoms. The maximum atomic E-state index is 13.2. The van der Waals surface area contributed by atoms with Gasteiger partial charge in [0, 0.05) is 19.6 Å². The third-order valence-electron chi connectivity index (χ3n) is 5.38. The molecule has 0 unspecified atom stereocenters. The molecule has 1 fully saturated rings. The predicted molar refractivity (Wildman–Crippen MR) is 117 cm³/mol. The highest BCUT2D eigenvalue weighted by molar-refractivity contribution is 7.98. The van der Waals surface area contributed by atoms with Crippen LogP contribution in [0.5, 0.6) is 0 Å². The predicted octanol–water partition coefficient (Wildman–Crippen LogP) is 3.99. The highest BCUT2D eigenvalue weighted by atomic mass is 32.2. The Morgan fingerprint density at radius 1 is 1.16 bits per heavy atom. The minimum absolute atomic E-state index is 0.111. The van der Waals surface area contributed by atoms with Crippen molar-refractivity contribution in [2.45, 2.75) is 37.1 Å². The number of rotatable bonds is 6. The van der Waals surface area contributed by atoms with Gasteiger partial charge in [0.1, 0.15) is 5.82 Å². The van der Waals surface area contributed by atoms with Gasteiger partial charge in [-0.05, 0) is 37.7 Å². The monoisotopic (exact) mass is 464 g/mol. The lowest BCUT2D eigenvalue weighted by Gasteiger charge is -2.28. The quantitative estimate of drug-likeness (QED) is 0.439. The van der Waals surface area contributed by atoms with Crippen LogP contribution in [0, 0.1) is 0 Å². The first kappa shape index (κ1) is 22.4. The highest BCUT2D eigenvalue weighted by Crippen LogP contribution is 2.32. The normalized spacial score (nSPS) is 14.7. The fraction of sp³-hybridized carbons (Fsp3) is 0.429. The van der Waals surface area contributed by atoms with Gasteiger partial charge in [-0.3, -0.25) is 4.79 Å². The molecule has 0 atom stereocenters. The van der Waals surface area contributed by atoms with Crippen LogP contribution in [0.2, 0.25) is 0 Å². The molecule has 0 bridgehead atoms. The molecule has 1 amide bonds. The Hall–Kier alpha value is -2.82. The number of piperidine rings is 1. The van der Waals surface area contributed by atoms with Crippen LogP contribution in [0.25, 0.3) is 11.0 Å². The summed E-state index contributed by atoms with van der Waals surface area (Å²) in [5, 5.41) is 8.42. The minimum Gasteiger partial charge on any atom is -0.356 e. The van der Waals surface area contributed by atoms with Gasteiger partial charge in [0.05, 0.1) is 29.3 Å². The molecule has 1 aliphatic heterocycles. The second kappa shape index (κ2) is 9.35. The van der Waals surface area contributed by atoms with E-state index in [0.717, 1.165) is 43.2 Å². The first-order chi connectivity index (χ1) is 15.4. The van der Waals surface area contributed by atoms with Gasteiger partial charge in [-0.2, -0.15) is 18.3 Å². The summed E-state index contributed by atoms with van der Waals surface area (Å²) in [4.78, 5) is 23.9. The SMILES string of the molecule is CSc1nc(N2CCCCC2)c2cnn(CCNC(=O)c3ccccc3C(F)(F)F)c2n1. The number of hydrogen-bond acceptors (Lipinski definition) is 6. The lowest BCUT2D eigenvalue weighted by Crippen LogP contribution is -2.30. The van der Waals surface area contributed by atoms with E-state index in [1.165, 1.54) is 36.4 Å². The molecule has 4 rings (SSSR count). The largest absolute Gasteiger partial charge is 0.417 e. The van der Waals surface area contributed by atoms with Gasteiger partial charge in [0.2, 0.25) is 0 Å². The number of carbonyl (C=O) groups is 1. The molecule has 1 aromatic carbocycles. The number of hydrogen-bond donors (Lipinski definition) is 1. The van der Waals surface area contributed by atoms with Crippen LogP contribution in [-0.2, 0) is 12.7 Å². The third kappa shape index (κ3) is 4.67. The Morgan fingerprint density at radius 3 is 2.62 bits per heavy atom. The molecular weight excluding hydrogens is 441 g/mol. The van der Waals surface area contributed by atoms with Crippen molar-refractivity contribution in [1.82, 2.24) is 25.1 Å². The number of halogens is 3. The first-order valence-electron chi connectivity index (χ1n) is 10.4. The number of carbonyl (C=O) groups excluding carboxylic acids is 1. The molecule has 1 saturated heterocycles. The minimum atomic E-state index is -4.60. The molecule has 0 radical (unpaired) electrons. The lowest BCUT2D eigenvalue weighted by molar-refractivity contribution is -0.137. The van der Waals surface area contributed by atoms with Crippen LogP contribution in [0.15, 0.2) is 35.6 Å². The molecule has 11 heteroatoms. The van der Waals surface area contributed by atoms with Crippen molar-refractivity contribution in [3.8, 4) is 0 Å². The Balaban J connectivity index is 1.51. The van der Waals surface area contributed by atoms with Crippen LogP contribution in [0.1, 0.15) is 35.2 Å². The van der Waals surface area contributed by atoms with Crippen LogP contribution in [0.3, 0.4) is 0 Å². The Kier molecular flexibility index (Phi) is 6.54. The van der Waals surface area contributed by atoms with E-state index in [1.807, 2.05) is 6.26 Å². The zero-order valence-corrected chi connectivity index (χ0v) is 18.3. The number of fused-ring (bicyclic) bond motifs is 1. The Labute approximate surface area is 187 Å². The summed E-state index contributed by atoms with van der Waals surface area (Å²) < 4.78 is 41.2. The second-order valence-electron chi connectivity index (χ2n) is 7.49. The summed E-state index contributed by atoms with van der Waals surface area (Å²) in [6.07, 6.45) is 2.45. The van der Waals surface area contributed by atoms with E-state index in [2.05, 4.69) is 25.3 Å². The van der Waals surface area contributed by atoms with E-state index in [9.17, 15) is 18.0 Å². The van der Waals surface area contributed by atoms with Crippen molar-refractivity contribution in [2.75, 3.05) is 30.8 Å². The number of alkyl halides is 3. The number of benzene rings is 1. The van der Waals surface area contributed by atoms with Gasteiger partial charge >= 0.3 is 6.18 Å². The molecule has 170 valence electrons. The molecule has 0 saturated carbocycles. The summed E-state index contributed by atoms with van der Waals surface area (Å²) in [5.41, 5.74) is -0.704. The van der Waals surface area contributed by atoms with Crippen molar-refractivity contribution in [1.29, 1.82) is 0 Å². The average molecular weight is 465 g/mol. The maximum absolute atomic E-state index is 13.2. The summed E-state index contributed by atoms with van der Waals surface area (Å²) in [6.45, 7) is 2.24. The average Bonchev–Trinajstić information content (AvgIpc) is 3.21. The number of anilines is 1. The fourth-order valence-electron chi connectivity index (χ4n) is 3.82. The summed E-state index contributed by atoms with van der Waals surface area (Å²) in [5.74, 6) is 0.0799. The van der Waals surface area contributed by atoms with Crippen molar-refractivity contribution in [2.24, 2.45) is 0 Å². The van der Waals surface area contributed by atoms with Gasteiger partial charge in [-0.25, -0.2) is 14.6 Å². The van der Waals surface area contributed by atoms with E-state index >= 15 is 0 Å². The number of thioether (sulfide) groups is 1. The van der Waals surface area contributed by atoms with Crippen LogP contribution < -0.4 is 10.2 Å². The smallest absolute Gasteiger partial charge is 0.356 e. The van der Waals surface area contributed by atoms with Crippen LogP contribution in [-0.4, -0.2) is 51.5 Å². The van der Waals surface area contributed by atoms with E-state index < -0.39 is 23.2 Å². The second-order valence-corrected chi connectivity index (χ2v) is 8.26. The standard InChI is InChI=1S/C21H23F3N6OS/c1-32-20-27-17(29-10-5-2-6-11-29)15-13-26-30(18(15)28-20)12-9-25-19(31)14-7-3-4-8-16(14)21(22,23)24/h3-4,7-8,13H,2,5-6,9-12H2,1H3,(H,25,31). The number of nitrogens with zero attached hydrogens (tertiary/aromatic N) is 5. The maximum Gasteiger partial charge on any atom is 0.417 e. The Morgan fingerprint density at radius 2 is 1.91 bits per heavy atom. The van der Waals surface area contributed by atoms with Gasteiger partial charge in [0.15, 0.2) is 10.8 Å².